The van der Waals surface area contributed by atoms with E-state index in [1.165, 1.54) is 0 Å². The van der Waals surface area contributed by atoms with Gasteiger partial charge in [-0.3, -0.25) is 9.51 Å². The van der Waals surface area contributed by atoms with Crippen LogP contribution in [0.5, 0.6) is 0 Å². The number of aromatic amines is 1. The van der Waals surface area contributed by atoms with Crippen LogP contribution < -0.4 is 5.76 Å². The second-order valence-corrected chi connectivity index (χ2v) is 2.57. The van der Waals surface area contributed by atoms with Crippen LogP contribution in [0.4, 0.5) is 8.78 Å². The molecule has 0 unspecified atom stereocenters. The monoisotopic (exact) mass is 214 g/mol. The lowest BCUT2D eigenvalue weighted by molar-refractivity contribution is 0.146. The molecule has 0 fully saturated rings. The highest BCUT2D eigenvalue weighted by Crippen LogP contribution is 2.18. The van der Waals surface area contributed by atoms with Crippen LogP contribution in [0.2, 0.25) is 0 Å². The summed E-state index contributed by atoms with van der Waals surface area (Å²) in [6.45, 7) is 0. The highest BCUT2D eigenvalue weighted by atomic mass is 19.3. The Kier molecular flexibility index (Phi) is 2.24. The second kappa shape index (κ2) is 3.56. The largest absolute Gasteiger partial charge is 0.439 e. The van der Waals surface area contributed by atoms with Gasteiger partial charge in [-0.2, -0.15) is 0 Å². The number of hydrogen-bond acceptors (Lipinski definition) is 5. The highest BCUT2D eigenvalue weighted by molar-refractivity contribution is 5.47. The number of halogens is 2. The van der Waals surface area contributed by atoms with Crippen molar-refractivity contribution < 1.29 is 13.3 Å². The molecule has 2 aromatic heterocycles. The average molecular weight is 214 g/mol. The van der Waals surface area contributed by atoms with Crippen LogP contribution in [0.15, 0.2) is 21.7 Å². The molecule has 78 valence electrons. The van der Waals surface area contributed by atoms with Gasteiger partial charge in [-0.25, -0.2) is 23.5 Å². The molecule has 2 heterocycles. The van der Waals surface area contributed by atoms with Crippen molar-refractivity contribution in [1.29, 1.82) is 0 Å². The standard InChI is InChI=1S/C7H4F2N4O2/c8-5(9)3-1-4(11-2-10-3)6-12-7(14)15-13-6/h1-2,5H,(H,12,13,14). The van der Waals surface area contributed by atoms with E-state index in [-0.39, 0.29) is 11.5 Å². The number of rotatable bonds is 2. The molecule has 2 rings (SSSR count). The molecule has 0 saturated carbocycles. The Morgan fingerprint density at radius 3 is 2.80 bits per heavy atom. The van der Waals surface area contributed by atoms with E-state index < -0.39 is 17.9 Å². The van der Waals surface area contributed by atoms with Crippen molar-refractivity contribution in [2.24, 2.45) is 0 Å². The van der Waals surface area contributed by atoms with Crippen LogP contribution in [-0.2, 0) is 0 Å². The summed E-state index contributed by atoms with van der Waals surface area (Å²) in [6.07, 6.45) is -1.74. The number of alkyl halides is 2. The minimum atomic E-state index is -2.70. The van der Waals surface area contributed by atoms with E-state index in [2.05, 4.69) is 24.6 Å². The Labute approximate surface area is 81.0 Å². The fourth-order valence-corrected chi connectivity index (χ4v) is 0.961. The quantitative estimate of drug-likeness (QED) is 0.797. The number of H-pyrrole nitrogens is 1. The summed E-state index contributed by atoms with van der Waals surface area (Å²) in [5, 5.41) is 3.31. The highest BCUT2D eigenvalue weighted by Gasteiger charge is 2.12. The molecule has 0 atom stereocenters. The second-order valence-electron chi connectivity index (χ2n) is 2.57. The van der Waals surface area contributed by atoms with E-state index >= 15 is 0 Å². The number of aromatic nitrogens is 4. The summed E-state index contributed by atoms with van der Waals surface area (Å²) in [7, 11) is 0. The van der Waals surface area contributed by atoms with E-state index in [4.69, 9.17) is 0 Å². The molecule has 1 N–H and O–H groups in total. The molecule has 2 aromatic rings. The maximum atomic E-state index is 12.3. The van der Waals surface area contributed by atoms with Gasteiger partial charge in [0.2, 0.25) is 5.82 Å². The van der Waals surface area contributed by atoms with E-state index in [9.17, 15) is 13.6 Å². The van der Waals surface area contributed by atoms with Crippen molar-refractivity contribution in [2.45, 2.75) is 6.43 Å². The summed E-state index contributed by atoms with van der Waals surface area (Å²) in [6, 6.07) is 1.03. The van der Waals surface area contributed by atoms with Crippen molar-refractivity contribution in [3.8, 4) is 11.5 Å². The van der Waals surface area contributed by atoms with Gasteiger partial charge in [-0.05, 0) is 6.07 Å². The predicted octanol–water partition coefficient (Wildman–Crippen LogP) is 0.757. The average Bonchev–Trinajstić information content (AvgIpc) is 2.65. The molecule has 6 nitrogen and oxygen atoms in total. The molecule has 0 spiro atoms. The summed E-state index contributed by atoms with van der Waals surface area (Å²) in [5.74, 6) is -0.786. The van der Waals surface area contributed by atoms with E-state index in [1.54, 1.807) is 0 Å². The predicted molar refractivity (Wildman–Crippen MR) is 43.1 cm³/mol. The molecule has 0 radical (unpaired) electrons. The van der Waals surface area contributed by atoms with Crippen molar-refractivity contribution in [3.05, 3.63) is 28.6 Å². The van der Waals surface area contributed by atoms with Gasteiger partial charge in [0.15, 0.2) is 0 Å². The Morgan fingerprint density at radius 1 is 1.40 bits per heavy atom. The lowest BCUT2D eigenvalue weighted by Crippen LogP contribution is -1.97. The molecule has 8 heteroatoms. The first-order valence-corrected chi connectivity index (χ1v) is 3.83. The zero-order chi connectivity index (χ0) is 10.8. The zero-order valence-electron chi connectivity index (χ0n) is 7.15. The van der Waals surface area contributed by atoms with E-state index in [0.29, 0.717) is 0 Å². The van der Waals surface area contributed by atoms with Crippen molar-refractivity contribution >= 4 is 0 Å². The topological polar surface area (TPSA) is 84.7 Å². The Morgan fingerprint density at radius 2 is 2.20 bits per heavy atom. The maximum absolute atomic E-state index is 12.3. The lowest BCUT2D eigenvalue weighted by atomic mass is 10.3. The molecule has 0 amide bonds. The molecular formula is C7H4F2N4O2. The molecule has 0 aromatic carbocycles. The molecule has 0 aliphatic carbocycles. The van der Waals surface area contributed by atoms with Crippen LogP contribution in [-0.4, -0.2) is 20.1 Å². The van der Waals surface area contributed by atoms with Gasteiger partial charge in [0.25, 0.3) is 6.43 Å². The third-order valence-corrected chi connectivity index (χ3v) is 1.59. The van der Waals surface area contributed by atoms with Gasteiger partial charge in [0.1, 0.15) is 17.7 Å². The van der Waals surface area contributed by atoms with Gasteiger partial charge >= 0.3 is 5.76 Å². The van der Waals surface area contributed by atoms with Crippen molar-refractivity contribution in [2.75, 3.05) is 0 Å². The number of hydrogen-bond donors (Lipinski definition) is 1. The summed E-state index contributed by atoms with van der Waals surface area (Å²) in [5.41, 5.74) is -0.366. The molecule has 0 aliphatic rings. The smallest absolute Gasteiger partial charge is 0.296 e. The van der Waals surface area contributed by atoms with Gasteiger partial charge in [-0.15, -0.1) is 0 Å². The van der Waals surface area contributed by atoms with Gasteiger partial charge in [0, 0.05) is 0 Å². The van der Waals surface area contributed by atoms with Gasteiger partial charge < -0.3 is 0 Å². The number of nitrogens with one attached hydrogen (secondary N) is 1. The zero-order valence-corrected chi connectivity index (χ0v) is 7.15. The molecule has 0 bridgehead atoms. The summed E-state index contributed by atoms with van der Waals surface area (Å²) in [4.78, 5) is 19.8. The SMILES string of the molecule is O=c1[nH]c(-c2cc(C(F)F)ncn2)no1. The van der Waals surface area contributed by atoms with E-state index in [1.807, 2.05) is 0 Å². The first kappa shape index (κ1) is 9.44. The van der Waals surface area contributed by atoms with Crippen LogP contribution in [0.25, 0.3) is 11.5 Å². The summed E-state index contributed by atoms with van der Waals surface area (Å²) < 4.78 is 28.7. The minimum absolute atomic E-state index is 0.00991. The third kappa shape index (κ3) is 1.87. The molecule has 15 heavy (non-hydrogen) atoms. The van der Waals surface area contributed by atoms with Crippen molar-refractivity contribution in [1.82, 2.24) is 20.1 Å². The molecule has 0 saturated heterocycles. The molecule has 0 aliphatic heterocycles. The first-order valence-electron chi connectivity index (χ1n) is 3.83. The van der Waals surface area contributed by atoms with E-state index in [0.717, 1.165) is 12.4 Å². The van der Waals surface area contributed by atoms with Crippen LogP contribution in [0.3, 0.4) is 0 Å². The Hall–Kier alpha value is -2.12. The fraction of sp³-hybridized carbons (Fsp3) is 0.143. The first-order chi connectivity index (χ1) is 7.16. The Balaban J connectivity index is 2.45. The van der Waals surface area contributed by atoms with Gasteiger partial charge in [-0.1, -0.05) is 5.16 Å². The molecular weight excluding hydrogens is 210 g/mol. The Bertz CT molecular complexity index is 521. The third-order valence-electron chi connectivity index (χ3n) is 1.59. The summed E-state index contributed by atoms with van der Waals surface area (Å²) >= 11 is 0. The normalized spacial score (nSPS) is 10.9. The fourth-order valence-electron chi connectivity index (χ4n) is 0.961. The van der Waals surface area contributed by atoms with Crippen LogP contribution in [0.1, 0.15) is 12.1 Å². The number of nitrogens with zero attached hydrogens (tertiary/aromatic N) is 3. The maximum Gasteiger partial charge on any atom is 0.439 e. The van der Waals surface area contributed by atoms with Crippen molar-refractivity contribution in [3.63, 3.8) is 0 Å². The van der Waals surface area contributed by atoms with Crippen LogP contribution >= 0.6 is 0 Å². The van der Waals surface area contributed by atoms with Crippen LogP contribution in [0, 0.1) is 0 Å². The van der Waals surface area contributed by atoms with Gasteiger partial charge in [0.05, 0.1) is 0 Å². The minimum Gasteiger partial charge on any atom is -0.296 e. The lowest BCUT2D eigenvalue weighted by Gasteiger charge is -1.98.